The van der Waals surface area contributed by atoms with Crippen molar-refractivity contribution in [1.29, 1.82) is 0 Å². The molecule has 1 saturated carbocycles. The number of rotatable bonds is 8. The summed E-state index contributed by atoms with van der Waals surface area (Å²) < 4.78 is 1.54. The van der Waals surface area contributed by atoms with Crippen LogP contribution in [-0.4, -0.2) is 81.6 Å². The van der Waals surface area contributed by atoms with E-state index in [1.54, 1.807) is 17.9 Å². The molecular formula is C25H40N6O3. The van der Waals surface area contributed by atoms with E-state index in [1.165, 1.54) is 30.4 Å². The molecule has 34 heavy (non-hydrogen) atoms. The van der Waals surface area contributed by atoms with E-state index < -0.39 is 5.54 Å². The van der Waals surface area contributed by atoms with E-state index in [9.17, 15) is 14.4 Å². The van der Waals surface area contributed by atoms with Gasteiger partial charge in [0.1, 0.15) is 11.2 Å². The molecule has 2 aliphatic heterocycles. The van der Waals surface area contributed by atoms with Crippen LogP contribution in [0.4, 0.5) is 0 Å². The molecule has 0 radical (unpaired) electrons. The molecule has 9 heteroatoms. The minimum Gasteiger partial charge on any atom is -0.351 e. The molecule has 1 aliphatic carbocycles. The predicted molar refractivity (Wildman–Crippen MR) is 130 cm³/mol. The third-order valence-electron chi connectivity index (χ3n) is 7.66. The molecule has 1 aromatic heterocycles. The van der Waals surface area contributed by atoms with Gasteiger partial charge in [-0.25, -0.2) is 0 Å². The van der Waals surface area contributed by atoms with Crippen molar-refractivity contribution in [3.05, 3.63) is 17.5 Å². The molecule has 9 nitrogen and oxygen atoms in total. The quantitative estimate of drug-likeness (QED) is 0.565. The maximum absolute atomic E-state index is 13.3. The third-order valence-corrected chi connectivity index (χ3v) is 7.66. The fourth-order valence-corrected chi connectivity index (χ4v) is 5.61. The highest BCUT2D eigenvalue weighted by atomic mass is 16.2. The summed E-state index contributed by atoms with van der Waals surface area (Å²) in [5, 5.41) is 10.5. The molecule has 0 bridgehead atoms. The minimum atomic E-state index is -1.03. The van der Waals surface area contributed by atoms with Gasteiger partial charge in [0.15, 0.2) is 5.69 Å². The Hall–Kier alpha value is -2.42. The van der Waals surface area contributed by atoms with Gasteiger partial charge in [0, 0.05) is 25.2 Å². The Balaban J connectivity index is 1.37. The number of aromatic nitrogens is 2. The summed E-state index contributed by atoms with van der Waals surface area (Å²) in [4.78, 5) is 43.3. The van der Waals surface area contributed by atoms with Crippen molar-refractivity contribution in [3.8, 4) is 0 Å². The number of likely N-dealkylation sites (N-methyl/N-ethyl adjacent to an activating group) is 1. The Morgan fingerprint density at radius 1 is 1.12 bits per heavy atom. The second kappa shape index (κ2) is 10.9. The first-order valence-corrected chi connectivity index (χ1v) is 13.1. The van der Waals surface area contributed by atoms with E-state index in [2.05, 4.69) is 20.6 Å². The van der Waals surface area contributed by atoms with Gasteiger partial charge in [0.2, 0.25) is 5.91 Å². The minimum absolute atomic E-state index is 0.143. The summed E-state index contributed by atoms with van der Waals surface area (Å²) in [5.41, 5.74) is -0.439. The number of amides is 3. The fraction of sp³-hybridized carbons (Fsp3) is 0.760. The predicted octanol–water partition coefficient (Wildman–Crippen LogP) is 2.17. The lowest BCUT2D eigenvalue weighted by atomic mass is 9.94. The summed E-state index contributed by atoms with van der Waals surface area (Å²) in [6.45, 7) is 8.18. The molecule has 0 spiro atoms. The van der Waals surface area contributed by atoms with Gasteiger partial charge in [0.25, 0.3) is 11.8 Å². The van der Waals surface area contributed by atoms with Gasteiger partial charge in [-0.15, -0.1) is 0 Å². The molecule has 1 saturated heterocycles. The number of fused-ring (bicyclic) bond motifs is 1. The summed E-state index contributed by atoms with van der Waals surface area (Å²) in [6.07, 6.45) is 10.2. The van der Waals surface area contributed by atoms with E-state index in [0.717, 1.165) is 51.7 Å². The first-order chi connectivity index (χ1) is 16.4. The molecular weight excluding hydrogens is 432 g/mol. The molecule has 2 fully saturated rings. The van der Waals surface area contributed by atoms with Gasteiger partial charge in [0.05, 0.1) is 6.54 Å². The smallest absolute Gasteiger partial charge is 0.273 e. The zero-order valence-electron chi connectivity index (χ0n) is 20.8. The van der Waals surface area contributed by atoms with Crippen molar-refractivity contribution in [1.82, 2.24) is 30.2 Å². The summed E-state index contributed by atoms with van der Waals surface area (Å²) in [6, 6.07) is 1.73. The molecule has 3 amide bonds. The molecule has 1 aromatic rings. The number of likely N-dealkylation sites (tertiary alicyclic amines) is 1. The second-order valence-electron chi connectivity index (χ2n) is 10.2. The Bertz CT molecular complexity index is 885. The highest BCUT2D eigenvalue weighted by Crippen LogP contribution is 2.28. The Labute approximate surface area is 202 Å². The Morgan fingerprint density at radius 2 is 1.82 bits per heavy atom. The van der Waals surface area contributed by atoms with Crippen LogP contribution in [0.3, 0.4) is 0 Å². The normalized spacial score (nSPS) is 24.1. The van der Waals surface area contributed by atoms with Crippen LogP contribution in [0, 0.1) is 0 Å². The Kier molecular flexibility index (Phi) is 7.91. The van der Waals surface area contributed by atoms with E-state index >= 15 is 0 Å². The maximum atomic E-state index is 13.3. The number of carbonyl (C=O) groups excluding carboxylic acids is 3. The van der Waals surface area contributed by atoms with Crippen LogP contribution < -0.4 is 10.6 Å². The highest BCUT2D eigenvalue weighted by Gasteiger charge is 2.48. The van der Waals surface area contributed by atoms with Crippen LogP contribution in [0.1, 0.15) is 92.6 Å². The van der Waals surface area contributed by atoms with Gasteiger partial charge < -0.3 is 20.4 Å². The molecule has 1 unspecified atom stereocenters. The van der Waals surface area contributed by atoms with Crippen molar-refractivity contribution in [2.75, 3.05) is 32.7 Å². The van der Waals surface area contributed by atoms with E-state index in [1.807, 2.05) is 6.92 Å². The van der Waals surface area contributed by atoms with E-state index in [4.69, 9.17) is 0 Å². The second-order valence-corrected chi connectivity index (χ2v) is 10.2. The first-order valence-electron chi connectivity index (χ1n) is 13.1. The SMILES string of the molecule is CCN1C(=O)c2cc(C(=O)NCCCN3CCCCCC3)nn2CC1(C)C(=O)NC1CCCC1. The van der Waals surface area contributed by atoms with E-state index in [0.29, 0.717) is 18.8 Å². The molecule has 0 aromatic carbocycles. The van der Waals surface area contributed by atoms with Crippen LogP contribution in [0.15, 0.2) is 6.07 Å². The van der Waals surface area contributed by atoms with Crippen LogP contribution in [0.2, 0.25) is 0 Å². The molecule has 3 aliphatic rings. The van der Waals surface area contributed by atoms with E-state index in [-0.39, 0.29) is 36.0 Å². The van der Waals surface area contributed by atoms with Crippen LogP contribution in [0.5, 0.6) is 0 Å². The largest absolute Gasteiger partial charge is 0.351 e. The monoisotopic (exact) mass is 472 g/mol. The molecule has 188 valence electrons. The topological polar surface area (TPSA) is 99.6 Å². The third kappa shape index (κ3) is 5.29. The fourth-order valence-electron chi connectivity index (χ4n) is 5.61. The average molecular weight is 473 g/mol. The van der Waals surface area contributed by atoms with Gasteiger partial charge in [-0.1, -0.05) is 25.7 Å². The Morgan fingerprint density at radius 3 is 2.50 bits per heavy atom. The summed E-state index contributed by atoms with van der Waals surface area (Å²) in [5.74, 6) is -0.675. The van der Waals surface area contributed by atoms with Crippen molar-refractivity contribution in [2.24, 2.45) is 0 Å². The number of hydrogen-bond donors (Lipinski definition) is 2. The molecule has 2 N–H and O–H groups in total. The van der Waals surface area contributed by atoms with Gasteiger partial charge in [-0.05, 0) is 65.6 Å². The molecule has 3 heterocycles. The summed E-state index contributed by atoms with van der Waals surface area (Å²) >= 11 is 0. The van der Waals surface area contributed by atoms with Gasteiger partial charge in [-0.3, -0.25) is 19.1 Å². The summed E-state index contributed by atoms with van der Waals surface area (Å²) in [7, 11) is 0. The molecule has 4 rings (SSSR count). The highest BCUT2D eigenvalue weighted by molar-refractivity contribution is 6.01. The van der Waals surface area contributed by atoms with Crippen molar-refractivity contribution in [3.63, 3.8) is 0 Å². The van der Waals surface area contributed by atoms with Crippen molar-refractivity contribution < 1.29 is 14.4 Å². The molecule has 1 atom stereocenters. The van der Waals surface area contributed by atoms with Crippen molar-refractivity contribution >= 4 is 17.7 Å². The lowest BCUT2D eigenvalue weighted by molar-refractivity contribution is -0.133. The number of hydrogen-bond acceptors (Lipinski definition) is 5. The van der Waals surface area contributed by atoms with Crippen LogP contribution >= 0.6 is 0 Å². The van der Waals surface area contributed by atoms with Gasteiger partial charge >= 0.3 is 0 Å². The average Bonchev–Trinajstić information content (AvgIpc) is 3.41. The lowest BCUT2D eigenvalue weighted by Gasteiger charge is -2.43. The van der Waals surface area contributed by atoms with Crippen LogP contribution in [-0.2, 0) is 11.3 Å². The number of carbonyl (C=O) groups is 3. The van der Waals surface area contributed by atoms with Gasteiger partial charge in [-0.2, -0.15) is 5.10 Å². The standard InChI is InChI=1S/C25H40N6O3/c1-3-30-23(33)21-17-20(22(32)26-13-10-16-29-14-8-4-5-9-15-29)28-31(21)18-25(30,2)24(34)27-19-11-6-7-12-19/h17,19H,3-16,18H2,1-2H3,(H,26,32)(H,27,34). The number of nitrogens with one attached hydrogen (secondary N) is 2. The number of nitrogens with zero attached hydrogens (tertiary/aromatic N) is 4. The lowest BCUT2D eigenvalue weighted by Crippen LogP contribution is -2.64. The van der Waals surface area contributed by atoms with Crippen molar-refractivity contribution in [2.45, 2.75) is 89.8 Å². The zero-order chi connectivity index (χ0) is 24.1. The first kappa shape index (κ1) is 24.7. The van der Waals surface area contributed by atoms with Crippen LogP contribution in [0.25, 0.3) is 0 Å². The maximum Gasteiger partial charge on any atom is 0.273 e. The zero-order valence-corrected chi connectivity index (χ0v) is 20.8.